The van der Waals surface area contributed by atoms with E-state index in [1.54, 1.807) is 11.8 Å². The molecule has 0 radical (unpaired) electrons. The molecular formula is C12H24N2O3S. The lowest BCUT2D eigenvalue weighted by atomic mass is 10.1. The van der Waals surface area contributed by atoms with Crippen molar-refractivity contribution in [3.8, 4) is 0 Å². The Hall–Kier alpha value is -0.910. The van der Waals surface area contributed by atoms with E-state index in [4.69, 9.17) is 0 Å². The van der Waals surface area contributed by atoms with Gasteiger partial charge in [-0.15, -0.1) is 0 Å². The fraction of sp³-hybridized carbons (Fsp3) is 0.833. The van der Waals surface area contributed by atoms with Gasteiger partial charge >= 0.3 is 12.0 Å². The second-order valence-electron chi connectivity index (χ2n) is 4.44. The highest BCUT2D eigenvalue weighted by molar-refractivity contribution is 7.98. The van der Waals surface area contributed by atoms with E-state index in [2.05, 4.69) is 29.2 Å². The molecule has 1 unspecified atom stereocenters. The second-order valence-corrected chi connectivity index (χ2v) is 5.43. The lowest BCUT2D eigenvalue weighted by Crippen LogP contribution is -2.47. The first kappa shape index (κ1) is 17.1. The molecule has 0 saturated heterocycles. The number of esters is 1. The summed E-state index contributed by atoms with van der Waals surface area (Å²) in [6.07, 6.45) is 3.45. The maximum atomic E-state index is 11.6. The van der Waals surface area contributed by atoms with Crippen LogP contribution in [0.2, 0.25) is 0 Å². The first-order valence-corrected chi connectivity index (χ1v) is 7.51. The maximum Gasteiger partial charge on any atom is 0.328 e. The molecule has 1 atom stereocenters. The van der Waals surface area contributed by atoms with Crippen LogP contribution in [0.3, 0.4) is 0 Å². The van der Waals surface area contributed by atoms with Gasteiger partial charge < -0.3 is 15.4 Å². The first-order valence-electron chi connectivity index (χ1n) is 6.12. The Morgan fingerprint density at radius 3 is 2.44 bits per heavy atom. The summed E-state index contributed by atoms with van der Waals surface area (Å²) in [5, 5.41) is 5.37. The average Bonchev–Trinajstić information content (AvgIpc) is 2.32. The maximum absolute atomic E-state index is 11.6. The van der Waals surface area contributed by atoms with Gasteiger partial charge in [-0.05, 0) is 30.8 Å². The fourth-order valence-corrected chi connectivity index (χ4v) is 1.78. The monoisotopic (exact) mass is 276 g/mol. The van der Waals surface area contributed by atoms with Gasteiger partial charge in [0.2, 0.25) is 0 Å². The molecule has 2 N–H and O–H groups in total. The van der Waals surface area contributed by atoms with E-state index in [1.165, 1.54) is 7.11 Å². The molecule has 0 aromatic rings. The molecule has 0 saturated carbocycles. The number of nitrogens with one attached hydrogen (secondary N) is 2. The molecule has 0 aliphatic rings. The summed E-state index contributed by atoms with van der Waals surface area (Å²) in [4.78, 5) is 23.0. The Morgan fingerprint density at radius 2 is 1.94 bits per heavy atom. The quantitative estimate of drug-likeness (QED) is 0.661. The van der Waals surface area contributed by atoms with E-state index in [-0.39, 0.29) is 6.03 Å². The zero-order chi connectivity index (χ0) is 14.0. The molecule has 18 heavy (non-hydrogen) atoms. The normalized spacial score (nSPS) is 12.1. The van der Waals surface area contributed by atoms with Crippen LogP contribution in [0.15, 0.2) is 0 Å². The minimum atomic E-state index is -0.568. The summed E-state index contributed by atoms with van der Waals surface area (Å²) < 4.78 is 4.66. The fourth-order valence-electron chi connectivity index (χ4n) is 1.31. The van der Waals surface area contributed by atoms with Gasteiger partial charge in [0.15, 0.2) is 0 Å². The van der Waals surface area contributed by atoms with Crippen LogP contribution in [0.25, 0.3) is 0 Å². The number of hydrogen-bond acceptors (Lipinski definition) is 4. The van der Waals surface area contributed by atoms with Gasteiger partial charge in [-0.2, -0.15) is 11.8 Å². The number of rotatable bonds is 8. The molecule has 2 amide bonds. The minimum absolute atomic E-state index is 0.313. The largest absolute Gasteiger partial charge is 0.467 e. The molecule has 6 heteroatoms. The lowest BCUT2D eigenvalue weighted by Gasteiger charge is -2.16. The number of hydrogen-bond donors (Lipinski definition) is 2. The summed E-state index contributed by atoms with van der Waals surface area (Å²) >= 11 is 1.63. The van der Waals surface area contributed by atoms with Crippen LogP contribution < -0.4 is 10.6 Å². The Labute approximate surface area is 113 Å². The van der Waals surface area contributed by atoms with Gasteiger partial charge in [0.05, 0.1) is 7.11 Å². The van der Waals surface area contributed by atoms with Crippen LogP contribution in [-0.4, -0.2) is 43.7 Å². The molecule has 5 nitrogen and oxygen atoms in total. The summed E-state index contributed by atoms with van der Waals surface area (Å²) in [6.45, 7) is 4.80. The van der Waals surface area contributed by atoms with Gasteiger partial charge in [0, 0.05) is 6.54 Å². The van der Waals surface area contributed by atoms with Crippen LogP contribution in [0.5, 0.6) is 0 Å². The summed E-state index contributed by atoms with van der Waals surface area (Å²) in [6, 6.07) is -0.881. The van der Waals surface area contributed by atoms with Crippen molar-refractivity contribution in [1.82, 2.24) is 10.6 Å². The van der Waals surface area contributed by atoms with Crippen molar-refractivity contribution in [2.24, 2.45) is 5.92 Å². The highest BCUT2D eigenvalue weighted by atomic mass is 32.2. The summed E-state index contributed by atoms with van der Waals surface area (Å²) in [5.74, 6) is 0.938. The Kier molecular flexibility index (Phi) is 9.55. The van der Waals surface area contributed by atoms with Gasteiger partial charge in [-0.1, -0.05) is 13.8 Å². The molecule has 0 bridgehead atoms. The summed E-state index contributed by atoms with van der Waals surface area (Å²) in [5.41, 5.74) is 0. The highest BCUT2D eigenvalue weighted by Gasteiger charge is 2.20. The molecule has 0 heterocycles. The van der Waals surface area contributed by atoms with E-state index < -0.39 is 12.0 Å². The van der Waals surface area contributed by atoms with Gasteiger partial charge in [0.25, 0.3) is 0 Å². The molecule has 0 spiro atoms. The molecule has 0 aromatic carbocycles. The third kappa shape index (κ3) is 8.22. The topological polar surface area (TPSA) is 67.4 Å². The van der Waals surface area contributed by atoms with E-state index in [1.807, 2.05) is 6.26 Å². The van der Waals surface area contributed by atoms with Gasteiger partial charge in [-0.3, -0.25) is 0 Å². The zero-order valence-electron chi connectivity index (χ0n) is 11.6. The van der Waals surface area contributed by atoms with Crippen LogP contribution in [0.1, 0.15) is 26.7 Å². The van der Waals surface area contributed by atoms with Crippen molar-refractivity contribution in [2.75, 3.05) is 25.7 Å². The standard InChI is InChI=1S/C12H24N2O3S/c1-9(2)5-7-13-12(16)14-10(6-8-18-4)11(15)17-3/h9-10H,5-8H2,1-4H3,(H2,13,14,16). The Balaban J connectivity index is 4.05. The average molecular weight is 276 g/mol. The van der Waals surface area contributed by atoms with Crippen LogP contribution in [0.4, 0.5) is 4.79 Å². The number of methoxy groups -OCH3 is 1. The molecular weight excluding hydrogens is 252 g/mol. The van der Waals surface area contributed by atoms with Crippen molar-refractivity contribution in [1.29, 1.82) is 0 Å². The van der Waals surface area contributed by atoms with Crippen LogP contribution >= 0.6 is 11.8 Å². The number of amides is 2. The third-order valence-electron chi connectivity index (χ3n) is 2.41. The minimum Gasteiger partial charge on any atom is -0.467 e. The molecule has 0 rings (SSSR count). The van der Waals surface area contributed by atoms with Crippen molar-refractivity contribution in [3.05, 3.63) is 0 Å². The molecule has 0 aromatic heterocycles. The SMILES string of the molecule is COC(=O)C(CCSC)NC(=O)NCCC(C)C. The van der Waals surface area contributed by atoms with Gasteiger partial charge in [-0.25, -0.2) is 9.59 Å². The summed E-state index contributed by atoms with van der Waals surface area (Å²) in [7, 11) is 1.33. The third-order valence-corrected chi connectivity index (χ3v) is 3.05. The van der Waals surface area contributed by atoms with Crippen LogP contribution in [0, 0.1) is 5.92 Å². The lowest BCUT2D eigenvalue weighted by molar-refractivity contribution is -0.142. The Bertz CT molecular complexity index is 260. The van der Waals surface area contributed by atoms with E-state index in [0.29, 0.717) is 18.9 Å². The van der Waals surface area contributed by atoms with Crippen molar-refractivity contribution in [2.45, 2.75) is 32.7 Å². The van der Waals surface area contributed by atoms with Crippen molar-refractivity contribution >= 4 is 23.8 Å². The molecule has 0 aliphatic heterocycles. The molecule has 106 valence electrons. The van der Waals surface area contributed by atoms with E-state index >= 15 is 0 Å². The predicted octanol–water partition coefficient (Wildman–Crippen LogP) is 1.63. The Morgan fingerprint density at radius 1 is 1.28 bits per heavy atom. The van der Waals surface area contributed by atoms with Gasteiger partial charge in [0.1, 0.15) is 6.04 Å². The predicted molar refractivity (Wildman–Crippen MR) is 74.8 cm³/mol. The highest BCUT2D eigenvalue weighted by Crippen LogP contribution is 2.02. The second kappa shape index (κ2) is 10.1. The van der Waals surface area contributed by atoms with Crippen LogP contribution in [-0.2, 0) is 9.53 Å². The van der Waals surface area contributed by atoms with Crippen molar-refractivity contribution in [3.63, 3.8) is 0 Å². The molecule has 0 fully saturated rings. The number of ether oxygens (including phenoxy) is 1. The van der Waals surface area contributed by atoms with E-state index in [0.717, 1.165) is 12.2 Å². The van der Waals surface area contributed by atoms with E-state index in [9.17, 15) is 9.59 Å². The first-order chi connectivity index (χ1) is 8.51. The number of carbonyl (C=O) groups is 2. The zero-order valence-corrected chi connectivity index (χ0v) is 12.4. The molecule has 0 aliphatic carbocycles. The number of urea groups is 1. The number of thioether (sulfide) groups is 1. The smallest absolute Gasteiger partial charge is 0.328 e. The number of carbonyl (C=O) groups excluding carboxylic acids is 2. The van der Waals surface area contributed by atoms with Crippen molar-refractivity contribution < 1.29 is 14.3 Å².